The van der Waals surface area contributed by atoms with Gasteiger partial charge in [0.15, 0.2) is 0 Å². The molecule has 2 atom stereocenters. The van der Waals surface area contributed by atoms with Crippen LogP contribution in [0.1, 0.15) is 24.0 Å². The normalized spacial score (nSPS) is 16.5. The van der Waals surface area contributed by atoms with Crippen molar-refractivity contribution >= 4 is 34.2 Å². The number of rotatable bonds is 7. The molecule has 3 amide bonds. The van der Waals surface area contributed by atoms with Gasteiger partial charge in [-0.25, -0.2) is 4.79 Å². The van der Waals surface area contributed by atoms with E-state index in [1.807, 2.05) is 86.7 Å². The number of carbonyl (C=O) groups excluding carboxylic acids is 2. The zero-order valence-corrected chi connectivity index (χ0v) is 25.1. The molecule has 1 aromatic heterocycles. The van der Waals surface area contributed by atoms with Crippen LogP contribution in [0.3, 0.4) is 0 Å². The Balaban J connectivity index is 1.27. The monoisotopic (exact) mass is 580 g/mol. The minimum absolute atomic E-state index is 0.138. The van der Waals surface area contributed by atoms with Gasteiger partial charge in [0.2, 0.25) is 5.91 Å². The van der Waals surface area contributed by atoms with Crippen molar-refractivity contribution in [3.63, 3.8) is 0 Å². The van der Waals surface area contributed by atoms with Crippen molar-refractivity contribution in [1.82, 2.24) is 20.1 Å². The summed E-state index contributed by atoms with van der Waals surface area (Å²) in [6.45, 7) is 6.22. The molecule has 6 rings (SSSR count). The van der Waals surface area contributed by atoms with E-state index in [1.165, 1.54) is 0 Å². The summed E-state index contributed by atoms with van der Waals surface area (Å²) in [5.74, 6) is 0.263. The number of ether oxygens (including phenoxy) is 1. The quantitative estimate of drug-likeness (QED) is 0.332. The Morgan fingerprint density at radius 3 is 2.47 bits per heavy atom. The molecule has 3 aromatic carbocycles. The number of H-pyrrole nitrogens is 1. The summed E-state index contributed by atoms with van der Waals surface area (Å²) >= 11 is 0. The van der Waals surface area contributed by atoms with Crippen LogP contribution in [0.5, 0.6) is 5.75 Å². The first kappa shape index (κ1) is 28.6. The van der Waals surface area contributed by atoms with Gasteiger partial charge in [-0.05, 0) is 55.6 Å². The van der Waals surface area contributed by atoms with E-state index in [4.69, 9.17) is 4.74 Å². The molecule has 0 saturated carbocycles. The number of nitrogens with one attached hydrogen (secondary N) is 2. The van der Waals surface area contributed by atoms with E-state index in [9.17, 15) is 9.59 Å². The third-order valence-electron chi connectivity index (χ3n) is 8.50. The molecule has 1 saturated heterocycles. The third-order valence-corrected chi connectivity index (χ3v) is 8.50. The lowest BCUT2D eigenvalue weighted by atomic mass is 9.91. The van der Waals surface area contributed by atoms with Crippen molar-refractivity contribution in [3.8, 4) is 5.75 Å². The van der Waals surface area contributed by atoms with Gasteiger partial charge in [-0.1, -0.05) is 49.4 Å². The fourth-order valence-corrected chi connectivity index (χ4v) is 6.21. The Morgan fingerprint density at radius 2 is 1.70 bits per heavy atom. The van der Waals surface area contributed by atoms with Crippen LogP contribution in [0.2, 0.25) is 0 Å². The number of hydrogen-bond acceptors (Lipinski definition) is 5. The molecule has 224 valence electrons. The highest BCUT2D eigenvalue weighted by Gasteiger charge is 2.37. The maximum atomic E-state index is 14.5. The fraction of sp³-hybridized carbons (Fsp3) is 0.353. The minimum Gasteiger partial charge on any atom is -0.490 e. The summed E-state index contributed by atoms with van der Waals surface area (Å²) in [6, 6.07) is 23.4. The predicted molar refractivity (Wildman–Crippen MR) is 171 cm³/mol. The van der Waals surface area contributed by atoms with Gasteiger partial charge in [0.1, 0.15) is 18.4 Å². The molecule has 9 nitrogen and oxygen atoms in total. The highest BCUT2D eigenvalue weighted by atomic mass is 16.5. The van der Waals surface area contributed by atoms with Crippen LogP contribution in [0, 0.1) is 0 Å². The molecule has 43 heavy (non-hydrogen) atoms. The summed E-state index contributed by atoms with van der Waals surface area (Å²) in [4.78, 5) is 39.7. The van der Waals surface area contributed by atoms with Crippen LogP contribution in [-0.2, 0) is 11.3 Å². The number of carbonyl (C=O) groups is 2. The lowest BCUT2D eigenvalue weighted by Gasteiger charge is -2.38. The molecule has 0 aliphatic carbocycles. The largest absolute Gasteiger partial charge is 0.490 e. The van der Waals surface area contributed by atoms with Gasteiger partial charge >= 0.3 is 6.03 Å². The second kappa shape index (κ2) is 12.4. The highest BCUT2D eigenvalue weighted by molar-refractivity contribution is 6.01. The lowest BCUT2D eigenvalue weighted by molar-refractivity contribution is -0.121. The molecule has 3 heterocycles. The molecule has 1 fully saturated rings. The van der Waals surface area contributed by atoms with Gasteiger partial charge in [-0.3, -0.25) is 4.79 Å². The summed E-state index contributed by atoms with van der Waals surface area (Å²) in [5.41, 5.74) is 5.00. The van der Waals surface area contributed by atoms with Gasteiger partial charge in [0.25, 0.3) is 0 Å². The van der Waals surface area contributed by atoms with Crippen molar-refractivity contribution in [2.45, 2.75) is 25.4 Å². The van der Waals surface area contributed by atoms with Crippen LogP contribution in [0.4, 0.5) is 16.2 Å². The molecule has 0 spiro atoms. The topological polar surface area (TPSA) is 84.1 Å². The third kappa shape index (κ3) is 6.03. The first-order valence-corrected chi connectivity index (χ1v) is 15.0. The number of fused-ring (bicyclic) bond motifs is 2. The van der Waals surface area contributed by atoms with E-state index in [0.717, 1.165) is 53.0 Å². The Bertz CT molecular complexity index is 1580. The average molecular weight is 581 g/mol. The number of benzene rings is 3. The number of hydrogen-bond donors (Lipinski definition) is 2. The number of nitrogens with zero attached hydrogens (tertiary/aromatic N) is 4. The van der Waals surface area contributed by atoms with E-state index >= 15 is 0 Å². The van der Waals surface area contributed by atoms with Crippen molar-refractivity contribution < 1.29 is 14.3 Å². The molecular formula is C34H40N6O3. The molecule has 0 unspecified atom stereocenters. The van der Waals surface area contributed by atoms with E-state index in [-0.39, 0.29) is 17.9 Å². The SMILES string of the molecule is C[C@@H](c1c[nH]c2ccccc12)[C@@H](NC(=O)N1CCN(c2ccccc2)CC1)C(=O)N1CCOc2ccc(CN(C)C)cc21. The van der Waals surface area contributed by atoms with Gasteiger partial charge in [0, 0.05) is 61.4 Å². The number of para-hydroxylation sites is 2. The van der Waals surface area contributed by atoms with E-state index in [0.29, 0.717) is 32.0 Å². The minimum atomic E-state index is -0.776. The van der Waals surface area contributed by atoms with Crippen LogP contribution < -0.4 is 19.9 Å². The van der Waals surface area contributed by atoms with Crippen molar-refractivity contribution in [3.05, 3.63) is 90.1 Å². The van der Waals surface area contributed by atoms with E-state index in [2.05, 4.69) is 38.3 Å². The smallest absolute Gasteiger partial charge is 0.318 e. The Kier molecular flexibility index (Phi) is 8.24. The van der Waals surface area contributed by atoms with Crippen molar-refractivity contribution in [2.24, 2.45) is 0 Å². The molecular weight excluding hydrogens is 540 g/mol. The number of anilines is 2. The van der Waals surface area contributed by atoms with Gasteiger partial charge in [-0.15, -0.1) is 0 Å². The van der Waals surface area contributed by atoms with Crippen molar-refractivity contribution in [2.75, 3.05) is 63.2 Å². The van der Waals surface area contributed by atoms with E-state index < -0.39 is 6.04 Å². The van der Waals surface area contributed by atoms with E-state index in [1.54, 1.807) is 4.90 Å². The first-order chi connectivity index (χ1) is 20.9. The Labute approximate surface area is 253 Å². The maximum absolute atomic E-state index is 14.5. The summed E-state index contributed by atoms with van der Waals surface area (Å²) < 4.78 is 5.94. The van der Waals surface area contributed by atoms with Gasteiger partial charge in [-0.2, -0.15) is 0 Å². The molecule has 9 heteroatoms. The lowest BCUT2D eigenvalue weighted by Crippen LogP contribution is -2.58. The molecule has 2 aliphatic heterocycles. The first-order valence-electron chi connectivity index (χ1n) is 15.0. The number of aromatic nitrogens is 1. The number of aromatic amines is 1. The van der Waals surface area contributed by atoms with Crippen LogP contribution in [-0.4, -0.2) is 86.2 Å². The number of piperazine rings is 1. The predicted octanol–water partition coefficient (Wildman–Crippen LogP) is 4.66. The maximum Gasteiger partial charge on any atom is 0.318 e. The molecule has 2 N–H and O–H groups in total. The summed E-state index contributed by atoms with van der Waals surface area (Å²) in [5, 5.41) is 4.23. The average Bonchev–Trinajstić information content (AvgIpc) is 3.47. The Hall–Kier alpha value is -4.50. The molecule has 0 radical (unpaired) electrons. The fourth-order valence-electron chi connectivity index (χ4n) is 6.21. The van der Waals surface area contributed by atoms with Gasteiger partial charge in [0.05, 0.1) is 12.2 Å². The molecule has 2 aliphatic rings. The zero-order chi connectivity index (χ0) is 29.9. The highest BCUT2D eigenvalue weighted by Crippen LogP contribution is 2.35. The molecule has 0 bridgehead atoms. The zero-order valence-electron chi connectivity index (χ0n) is 25.1. The van der Waals surface area contributed by atoms with Gasteiger partial charge < -0.3 is 34.6 Å². The van der Waals surface area contributed by atoms with Crippen LogP contribution in [0.25, 0.3) is 10.9 Å². The van der Waals surface area contributed by atoms with Crippen LogP contribution in [0.15, 0.2) is 79.0 Å². The standard InChI is InChI=1S/C34H40N6O3/c1-24(28-22-35-29-12-8-7-11-27(28)29)32(36-34(42)39-17-15-38(16-18-39)26-9-5-4-6-10-26)33(41)40-19-20-43-31-14-13-25(21-30(31)40)23-37(2)3/h4-14,21-22,24,32,35H,15-20,23H2,1-3H3,(H,36,42)/t24-,32+/m0/s1. The second-order valence-electron chi connectivity index (χ2n) is 11.7. The second-order valence-corrected chi connectivity index (χ2v) is 11.7. The summed E-state index contributed by atoms with van der Waals surface area (Å²) in [6.07, 6.45) is 1.96. The van der Waals surface area contributed by atoms with Crippen LogP contribution >= 0.6 is 0 Å². The summed E-state index contributed by atoms with van der Waals surface area (Å²) in [7, 11) is 4.04. The number of urea groups is 1. The Morgan fingerprint density at radius 1 is 0.953 bits per heavy atom. The van der Waals surface area contributed by atoms with Crippen molar-refractivity contribution in [1.29, 1.82) is 0 Å². The molecule has 4 aromatic rings. The number of amides is 3.